The topological polar surface area (TPSA) is 97.6 Å². The number of aromatic nitrogens is 3. The maximum Gasteiger partial charge on any atom is 0.490 e. The minimum atomic E-state index is -5.08. The van der Waals surface area contributed by atoms with Gasteiger partial charge in [0.15, 0.2) is 5.69 Å². The number of hydrogen-bond acceptors (Lipinski definition) is 7. The number of nitrogens with zero attached hydrogens (tertiary/aromatic N) is 4. The van der Waals surface area contributed by atoms with Gasteiger partial charge < -0.3 is 9.84 Å². The van der Waals surface area contributed by atoms with Gasteiger partial charge in [-0.05, 0) is 66.0 Å². The molecule has 2 aromatic heterocycles. The van der Waals surface area contributed by atoms with Crippen LogP contribution in [0.25, 0.3) is 11.3 Å². The summed E-state index contributed by atoms with van der Waals surface area (Å²) in [5, 5.41) is 20.4. The van der Waals surface area contributed by atoms with Gasteiger partial charge in [-0.25, -0.2) is 4.79 Å². The average Bonchev–Trinajstić information content (AvgIpc) is 3.57. The number of rotatable bonds is 4. The zero-order valence-electron chi connectivity index (χ0n) is 18.8. The van der Waals surface area contributed by atoms with Crippen LogP contribution in [-0.4, -0.2) is 57.1 Å². The molecule has 1 N–H and O–H groups in total. The van der Waals surface area contributed by atoms with Crippen molar-refractivity contribution in [2.45, 2.75) is 37.5 Å². The lowest BCUT2D eigenvalue weighted by atomic mass is 9.85. The number of methoxy groups -OCH3 is 1. The molecule has 35 heavy (non-hydrogen) atoms. The fraction of sp³-hybridized carbons (Fsp3) is 0.391. The highest BCUT2D eigenvalue weighted by atomic mass is 32.1. The summed E-state index contributed by atoms with van der Waals surface area (Å²) in [7, 11) is 1.63. The summed E-state index contributed by atoms with van der Waals surface area (Å²) in [4.78, 5) is 24.5. The molecule has 2 aliphatic rings. The molecule has 3 aromatic rings. The number of halogens is 3. The van der Waals surface area contributed by atoms with E-state index in [-0.39, 0.29) is 11.0 Å². The molecule has 1 fully saturated rings. The van der Waals surface area contributed by atoms with Crippen LogP contribution in [0.2, 0.25) is 0 Å². The maximum atomic E-state index is 13.1. The number of carboxylic acid groups (broad SMARTS) is 1. The molecule has 1 unspecified atom stereocenters. The lowest BCUT2D eigenvalue weighted by molar-refractivity contribution is -0.192. The fourth-order valence-electron chi connectivity index (χ4n) is 4.51. The first-order valence-corrected chi connectivity index (χ1v) is 11.7. The highest BCUT2D eigenvalue weighted by Gasteiger charge is 2.47. The van der Waals surface area contributed by atoms with Crippen LogP contribution >= 0.6 is 11.3 Å². The Hall–Kier alpha value is -3.25. The first-order valence-electron chi connectivity index (χ1n) is 10.8. The second kappa shape index (κ2) is 9.78. The van der Waals surface area contributed by atoms with Gasteiger partial charge in [0.1, 0.15) is 11.6 Å². The van der Waals surface area contributed by atoms with E-state index in [9.17, 15) is 18.0 Å². The Balaban J connectivity index is 0.000000364. The smallest absolute Gasteiger partial charge is 0.490 e. The average molecular weight is 509 g/mol. The van der Waals surface area contributed by atoms with Crippen molar-refractivity contribution in [3.63, 3.8) is 0 Å². The Morgan fingerprint density at radius 2 is 1.86 bits per heavy atom. The maximum absolute atomic E-state index is 13.1. The van der Waals surface area contributed by atoms with Crippen LogP contribution in [0.3, 0.4) is 0 Å². The molecule has 12 heteroatoms. The van der Waals surface area contributed by atoms with E-state index in [1.807, 2.05) is 28.8 Å². The van der Waals surface area contributed by atoms with Crippen molar-refractivity contribution in [1.29, 1.82) is 0 Å². The van der Waals surface area contributed by atoms with E-state index in [0.717, 1.165) is 56.2 Å². The molecule has 0 saturated carbocycles. The van der Waals surface area contributed by atoms with E-state index in [1.165, 1.54) is 5.56 Å². The summed E-state index contributed by atoms with van der Waals surface area (Å²) < 4.78 is 38.8. The third-order valence-corrected chi connectivity index (χ3v) is 6.99. The minimum absolute atomic E-state index is 0.0386. The van der Waals surface area contributed by atoms with Crippen molar-refractivity contribution < 1.29 is 27.8 Å². The van der Waals surface area contributed by atoms with Crippen LogP contribution < -0.4 is 10.3 Å². The number of fused-ring (bicyclic) bond motifs is 2. The second-order valence-electron chi connectivity index (χ2n) is 8.48. The Kier molecular flexibility index (Phi) is 6.95. The van der Waals surface area contributed by atoms with E-state index >= 15 is 0 Å². The number of likely N-dealkylation sites (tertiary alicyclic amines) is 1. The van der Waals surface area contributed by atoms with Crippen LogP contribution in [0.4, 0.5) is 13.2 Å². The zero-order valence-corrected chi connectivity index (χ0v) is 19.6. The van der Waals surface area contributed by atoms with E-state index in [0.29, 0.717) is 5.69 Å². The Bertz CT molecular complexity index is 1250. The molecular weight excluding hydrogens is 485 g/mol. The molecule has 8 nitrogen and oxygen atoms in total. The van der Waals surface area contributed by atoms with Crippen molar-refractivity contribution in [3.8, 4) is 17.0 Å². The quantitative estimate of drug-likeness (QED) is 0.576. The Labute approximate surface area is 202 Å². The van der Waals surface area contributed by atoms with Gasteiger partial charge in [0.2, 0.25) is 0 Å². The number of carboxylic acids is 1. The van der Waals surface area contributed by atoms with Crippen molar-refractivity contribution >= 4 is 17.3 Å². The van der Waals surface area contributed by atoms with Crippen molar-refractivity contribution in [1.82, 2.24) is 19.7 Å². The number of carbonyl (C=O) groups is 1. The van der Waals surface area contributed by atoms with Gasteiger partial charge in [0, 0.05) is 30.6 Å². The van der Waals surface area contributed by atoms with Crippen LogP contribution in [0, 0.1) is 0 Å². The summed E-state index contributed by atoms with van der Waals surface area (Å²) in [5.74, 6) is -1.14. The van der Waals surface area contributed by atoms with Gasteiger partial charge in [0.25, 0.3) is 5.56 Å². The van der Waals surface area contributed by atoms with E-state index < -0.39 is 12.1 Å². The number of alkyl halides is 3. The molecule has 0 aliphatic carbocycles. The summed E-state index contributed by atoms with van der Waals surface area (Å²) in [6.45, 7) is 3.66. The van der Waals surface area contributed by atoms with E-state index in [4.69, 9.17) is 14.6 Å². The van der Waals surface area contributed by atoms with Crippen LogP contribution in [-0.2, 0) is 23.3 Å². The van der Waals surface area contributed by atoms with Crippen molar-refractivity contribution in [3.05, 3.63) is 62.8 Å². The lowest BCUT2D eigenvalue weighted by Crippen LogP contribution is -2.33. The number of benzene rings is 1. The zero-order chi connectivity index (χ0) is 25.2. The molecule has 1 spiro atoms. The van der Waals surface area contributed by atoms with Gasteiger partial charge in [0.05, 0.1) is 7.11 Å². The summed E-state index contributed by atoms with van der Waals surface area (Å²) in [6, 6.07) is 9.59. The number of hydrogen-bond donors (Lipinski definition) is 1. The monoisotopic (exact) mass is 508 g/mol. The summed E-state index contributed by atoms with van der Waals surface area (Å²) in [6.07, 6.45) is -3.09. The lowest BCUT2D eigenvalue weighted by Gasteiger charge is -2.23. The SMILES string of the molecule is COc1ccc(-c2nnc3n(c2=O)CCC32CCN(Cc3ccsc3)C2)cc1.O=C(O)C(F)(F)F. The van der Waals surface area contributed by atoms with Crippen molar-refractivity contribution in [2.24, 2.45) is 0 Å². The first kappa shape index (κ1) is 24.9. The normalized spacial score (nSPS) is 19.3. The number of ether oxygens (including phenoxy) is 1. The van der Waals surface area contributed by atoms with Gasteiger partial charge in [-0.1, -0.05) is 0 Å². The molecular formula is C23H23F3N4O4S. The molecule has 1 atom stereocenters. The Morgan fingerprint density at radius 1 is 1.17 bits per heavy atom. The van der Waals surface area contributed by atoms with Crippen LogP contribution in [0.5, 0.6) is 5.75 Å². The van der Waals surface area contributed by atoms with Gasteiger partial charge >= 0.3 is 12.1 Å². The highest BCUT2D eigenvalue weighted by Crippen LogP contribution is 2.41. The van der Waals surface area contributed by atoms with Crippen LogP contribution in [0.15, 0.2) is 45.9 Å². The largest absolute Gasteiger partial charge is 0.497 e. The standard InChI is InChI=1S/C21H22N4O2S.C2HF3O2/c1-27-17-4-2-16(3-5-17)18-19(26)25-10-8-21(20(25)23-22-18)7-9-24(14-21)12-15-6-11-28-13-15;3-2(4,5)1(6)7/h2-6,11,13H,7-10,12,14H2,1H3;(H,6,7). The molecule has 0 amide bonds. The first-order chi connectivity index (χ1) is 16.6. The van der Waals surface area contributed by atoms with Crippen molar-refractivity contribution in [2.75, 3.05) is 20.2 Å². The predicted octanol–water partition coefficient (Wildman–Crippen LogP) is 3.56. The predicted molar refractivity (Wildman–Crippen MR) is 122 cm³/mol. The molecule has 0 radical (unpaired) electrons. The molecule has 1 saturated heterocycles. The minimum Gasteiger partial charge on any atom is -0.497 e. The van der Waals surface area contributed by atoms with Crippen LogP contribution in [0.1, 0.15) is 24.2 Å². The van der Waals surface area contributed by atoms with Gasteiger partial charge in [-0.15, -0.1) is 10.2 Å². The molecule has 2 aliphatic heterocycles. The summed E-state index contributed by atoms with van der Waals surface area (Å²) >= 11 is 1.74. The fourth-order valence-corrected chi connectivity index (χ4v) is 5.17. The Morgan fingerprint density at radius 3 is 2.46 bits per heavy atom. The van der Waals surface area contributed by atoms with E-state index in [1.54, 1.807) is 18.4 Å². The number of thiophene rings is 1. The summed E-state index contributed by atoms with van der Waals surface area (Å²) in [5.41, 5.74) is 2.47. The molecule has 5 rings (SSSR count). The third kappa shape index (κ3) is 5.22. The second-order valence-corrected chi connectivity index (χ2v) is 9.26. The number of aliphatic carboxylic acids is 1. The highest BCUT2D eigenvalue weighted by molar-refractivity contribution is 7.07. The van der Waals surface area contributed by atoms with Gasteiger partial charge in [-0.3, -0.25) is 14.3 Å². The molecule has 186 valence electrons. The molecule has 4 heterocycles. The van der Waals surface area contributed by atoms with Gasteiger partial charge in [-0.2, -0.15) is 24.5 Å². The molecule has 1 aromatic carbocycles. The third-order valence-electron chi connectivity index (χ3n) is 6.26. The van der Waals surface area contributed by atoms with E-state index in [2.05, 4.69) is 31.9 Å². The molecule has 0 bridgehead atoms.